The maximum atomic E-state index is 12.6. The Hall–Kier alpha value is -2.66. The molecule has 0 heterocycles. The van der Waals surface area contributed by atoms with E-state index in [4.69, 9.17) is 4.74 Å². The molecule has 4 aromatic rings. The highest BCUT2D eigenvalue weighted by Gasteiger charge is 2.41. The fourth-order valence-electron chi connectivity index (χ4n) is 4.60. The van der Waals surface area contributed by atoms with Crippen LogP contribution in [0.3, 0.4) is 0 Å². The Kier molecular flexibility index (Phi) is 7.18. The van der Waals surface area contributed by atoms with Gasteiger partial charge in [0.2, 0.25) is 0 Å². The predicted molar refractivity (Wildman–Crippen MR) is 140 cm³/mol. The molecule has 0 saturated carbocycles. The summed E-state index contributed by atoms with van der Waals surface area (Å²) in [6.45, 7) is 0.746. The molecule has 0 saturated heterocycles. The number of nitrogens with zero attached hydrogens (tertiary/aromatic N) is 1. The zero-order valence-electron chi connectivity index (χ0n) is 19.3. The van der Waals surface area contributed by atoms with E-state index in [-0.39, 0.29) is 5.92 Å². The standard InChI is InChI=1S/C29H30BrNO2/c1-31(2)17-16-29(32,24-12-8-5-9-13-24)28(21-10-6-4-7-11-21)26-19-23-18-25(30)15-14-22(23)20-27(26)33-3/h4-15,18-20,28,32H,16-17H2,1-3H3/t28-,29-/m1/s1. The minimum absolute atomic E-state index is 0.320. The van der Waals surface area contributed by atoms with Gasteiger partial charge in [-0.05, 0) is 66.7 Å². The number of hydrogen-bond donors (Lipinski definition) is 1. The Morgan fingerprint density at radius 3 is 2.18 bits per heavy atom. The Morgan fingerprint density at radius 2 is 1.55 bits per heavy atom. The smallest absolute Gasteiger partial charge is 0.123 e. The lowest BCUT2D eigenvalue weighted by Gasteiger charge is -2.39. The number of fused-ring (bicyclic) bond motifs is 1. The summed E-state index contributed by atoms with van der Waals surface area (Å²) in [7, 11) is 5.78. The molecule has 0 unspecified atom stereocenters. The monoisotopic (exact) mass is 503 g/mol. The Balaban J connectivity index is 2.00. The topological polar surface area (TPSA) is 32.7 Å². The third-order valence-corrected chi connectivity index (χ3v) is 6.78. The average Bonchev–Trinajstić information content (AvgIpc) is 2.83. The van der Waals surface area contributed by atoms with Crippen LogP contribution in [0.5, 0.6) is 5.75 Å². The van der Waals surface area contributed by atoms with Crippen molar-refractivity contribution in [2.24, 2.45) is 0 Å². The minimum Gasteiger partial charge on any atom is -0.496 e. The second-order valence-corrected chi connectivity index (χ2v) is 9.69. The van der Waals surface area contributed by atoms with Gasteiger partial charge in [0.15, 0.2) is 0 Å². The van der Waals surface area contributed by atoms with Crippen LogP contribution >= 0.6 is 15.9 Å². The van der Waals surface area contributed by atoms with Crippen molar-refractivity contribution >= 4 is 26.7 Å². The molecule has 4 rings (SSSR count). The number of halogens is 1. The Labute approximate surface area is 204 Å². The van der Waals surface area contributed by atoms with Crippen molar-refractivity contribution in [2.45, 2.75) is 17.9 Å². The van der Waals surface area contributed by atoms with Gasteiger partial charge >= 0.3 is 0 Å². The zero-order valence-corrected chi connectivity index (χ0v) is 20.9. The Morgan fingerprint density at radius 1 is 0.879 bits per heavy atom. The van der Waals surface area contributed by atoms with Crippen molar-refractivity contribution in [1.29, 1.82) is 0 Å². The van der Waals surface area contributed by atoms with Crippen molar-refractivity contribution in [2.75, 3.05) is 27.7 Å². The first kappa shape index (κ1) is 23.5. The Bertz CT molecular complexity index is 1210. The van der Waals surface area contributed by atoms with Crippen LogP contribution in [0.1, 0.15) is 29.0 Å². The van der Waals surface area contributed by atoms with E-state index < -0.39 is 5.60 Å². The van der Waals surface area contributed by atoms with Crippen LogP contribution in [-0.2, 0) is 5.60 Å². The molecule has 4 aromatic carbocycles. The predicted octanol–water partition coefficient (Wildman–Crippen LogP) is 6.58. The van der Waals surface area contributed by atoms with Gasteiger partial charge in [-0.1, -0.05) is 82.7 Å². The second kappa shape index (κ2) is 10.1. The maximum Gasteiger partial charge on any atom is 0.123 e. The first-order valence-electron chi connectivity index (χ1n) is 11.2. The van der Waals surface area contributed by atoms with E-state index in [0.29, 0.717) is 6.42 Å². The van der Waals surface area contributed by atoms with Crippen molar-refractivity contribution in [3.8, 4) is 5.75 Å². The van der Waals surface area contributed by atoms with Gasteiger partial charge in [-0.25, -0.2) is 0 Å². The lowest BCUT2D eigenvalue weighted by atomic mass is 9.71. The lowest BCUT2D eigenvalue weighted by Crippen LogP contribution is -2.37. The SMILES string of the molecule is COc1cc2ccc(Br)cc2cc1[C@@H](c1ccccc1)[C@@](O)(CCN(C)C)c1ccccc1. The third kappa shape index (κ3) is 4.98. The van der Waals surface area contributed by atoms with Gasteiger partial charge in [0, 0.05) is 22.5 Å². The number of rotatable bonds is 8. The van der Waals surface area contributed by atoms with Crippen LogP contribution in [0.15, 0.2) is 95.5 Å². The van der Waals surface area contributed by atoms with Gasteiger partial charge < -0.3 is 14.7 Å². The molecule has 3 nitrogen and oxygen atoms in total. The molecule has 0 aromatic heterocycles. The molecule has 170 valence electrons. The lowest BCUT2D eigenvalue weighted by molar-refractivity contribution is 0.00394. The number of hydrogen-bond acceptors (Lipinski definition) is 3. The van der Waals surface area contributed by atoms with Crippen LogP contribution in [0.4, 0.5) is 0 Å². The summed E-state index contributed by atoms with van der Waals surface area (Å²) in [5, 5.41) is 14.8. The highest BCUT2D eigenvalue weighted by molar-refractivity contribution is 9.10. The molecule has 0 aliphatic heterocycles. The summed E-state index contributed by atoms with van der Waals surface area (Å²) in [5.41, 5.74) is 1.78. The van der Waals surface area contributed by atoms with Crippen LogP contribution in [0, 0.1) is 0 Å². The fraction of sp³-hybridized carbons (Fsp3) is 0.241. The van der Waals surface area contributed by atoms with Gasteiger partial charge in [0.1, 0.15) is 11.4 Å². The number of benzene rings is 4. The molecular formula is C29H30BrNO2. The summed E-state index contributed by atoms with van der Waals surface area (Å²) in [6, 6.07) is 30.8. The highest BCUT2D eigenvalue weighted by atomic mass is 79.9. The molecule has 1 N–H and O–H groups in total. The van der Waals surface area contributed by atoms with Crippen molar-refractivity contribution in [1.82, 2.24) is 4.90 Å². The average molecular weight is 504 g/mol. The van der Waals surface area contributed by atoms with Gasteiger partial charge in [0.05, 0.1) is 7.11 Å². The number of ether oxygens (including phenoxy) is 1. The summed E-state index contributed by atoms with van der Waals surface area (Å²) in [5.74, 6) is 0.456. The van der Waals surface area contributed by atoms with Crippen molar-refractivity contribution < 1.29 is 9.84 Å². The van der Waals surface area contributed by atoms with Gasteiger partial charge in [-0.2, -0.15) is 0 Å². The molecule has 0 aliphatic carbocycles. The molecular weight excluding hydrogens is 474 g/mol. The van der Waals surface area contributed by atoms with E-state index in [9.17, 15) is 5.11 Å². The number of methoxy groups -OCH3 is 1. The molecule has 0 aliphatic rings. The van der Waals surface area contributed by atoms with E-state index in [1.807, 2.05) is 68.7 Å². The van der Waals surface area contributed by atoms with E-state index in [1.54, 1.807) is 7.11 Å². The second-order valence-electron chi connectivity index (χ2n) is 8.77. The molecule has 0 radical (unpaired) electrons. The van der Waals surface area contributed by atoms with E-state index in [2.05, 4.69) is 57.2 Å². The summed E-state index contributed by atoms with van der Waals surface area (Å²) in [6.07, 6.45) is 0.573. The summed E-state index contributed by atoms with van der Waals surface area (Å²) < 4.78 is 6.93. The fourth-order valence-corrected chi connectivity index (χ4v) is 4.98. The first-order valence-corrected chi connectivity index (χ1v) is 12.0. The summed E-state index contributed by atoms with van der Waals surface area (Å²) >= 11 is 3.61. The minimum atomic E-state index is -1.14. The van der Waals surface area contributed by atoms with Crippen molar-refractivity contribution in [3.05, 3.63) is 112 Å². The van der Waals surface area contributed by atoms with Crippen LogP contribution in [0.2, 0.25) is 0 Å². The quantitative estimate of drug-likeness (QED) is 0.294. The first-order chi connectivity index (χ1) is 15.9. The van der Waals surface area contributed by atoms with Gasteiger partial charge in [-0.3, -0.25) is 0 Å². The van der Waals surface area contributed by atoms with Gasteiger partial charge in [0.25, 0.3) is 0 Å². The summed E-state index contributed by atoms with van der Waals surface area (Å²) in [4.78, 5) is 2.12. The molecule has 2 atom stereocenters. The van der Waals surface area contributed by atoms with E-state index in [1.165, 1.54) is 0 Å². The van der Waals surface area contributed by atoms with Crippen molar-refractivity contribution in [3.63, 3.8) is 0 Å². The van der Waals surface area contributed by atoms with Crippen LogP contribution in [0.25, 0.3) is 10.8 Å². The molecule has 33 heavy (non-hydrogen) atoms. The zero-order chi connectivity index (χ0) is 23.4. The molecule has 0 fully saturated rings. The normalized spacial score (nSPS) is 14.2. The largest absolute Gasteiger partial charge is 0.496 e. The molecule has 0 spiro atoms. The van der Waals surface area contributed by atoms with Crippen LogP contribution in [-0.4, -0.2) is 37.8 Å². The molecule has 0 bridgehead atoms. The van der Waals surface area contributed by atoms with E-state index in [0.717, 1.165) is 44.2 Å². The number of aliphatic hydroxyl groups is 1. The van der Waals surface area contributed by atoms with E-state index >= 15 is 0 Å². The molecule has 0 amide bonds. The third-order valence-electron chi connectivity index (χ3n) is 6.29. The maximum absolute atomic E-state index is 12.6. The highest BCUT2D eigenvalue weighted by Crippen LogP contribution is 2.48. The van der Waals surface area contributed by atoms with Crippen LogP contribution < -0.4 is 4.74 Å². The molecule has 4 heteroatoms. The van der Waals surface area contributed by atoms with Gasteiger partial charge in [-0.15, -0.1) is 0 Å².